The number of anilines is 1. The second kappa shape index (κ2) is 6.65. The standard InChI is InChI=1S/C15H18F2N2O2/c1-2-3-7-18-14(20)9-8-10(9)15(21)19-13-11(16)5-4-6-12(13)17/h4-6,9-10H,2-3,7-8H2,1H3,(H,18,20)(H,19,21). The van der Waals surface area contributed by atoms with Gasteiger partial charge >= 0.3 is 0 Å². The number of carbonyl (C=O) groups excluding carboxylic acids is 2. The number of hydrogen-bond donors (Lipinski definition) is 2. The van der Waals surface area contributed by atoms with E-state index in [1.54, 1.807) is 0 Å². The van der Waals surface area contributed by atoms with Crippen molar-refractivity contribution in [1.29, 1.82) is 0 Å². The third kappa shape index (κ3) is 3.77. The summed E-state index contributed by atoms with van der Waals surface area (Å²) in [6.45, 7) is 2.60. The summed E-state index contributed by atoms with van der Waals surface area (Å²) in [5, 5.41) is 4.97. The topological polar surface area (TPSA) is 58.2 Å². The zero-order chi connectivity index (χ0) is 15.4. The molecule has 2 atom stereocenters. The van der Waals surface area contributed by atoms with E-state index in [-0.39, 0.29) is 5.91 Å². The molecule has 2 N–H and O–H groups in total. The van der Waals surface area contributed by atoms with Gasteiger partial charge in [-0.05, 0) is 25.0 Å². The summed E-state index contributed by atoms with van der Waals surface area (Å²) in [7, 11) is 0. The van der Waals surface area contributed by atoms with E-state index in [1.165, 1.54) is 6.07 Å². The third-order valence-electron chi connectivity index (χ3n) is 3.50. The summed E-state index contributed by atoms with van der Waals surface area (Å²) in [6.07, 6.45) is 2.27. The van der Waals surface area contributed by atoms with Crippen LogP contribution >= 0.6 is 0 Å². The SMILES string of the molecule is CCCCNC(=O)C1CC1C(=O)Nc1c(F)cccc1F. The average molecular weight is 296 g/mol. The van der Waals surface area contributed by atoms with Crippen LogP contribution in [0.25, 0.3) is 0 Å². The summed E-state index contributed by atoms with van der Waals surface area (Å²) in [5.74, 6) is -3.24. The molecule has 0 aliphatic heterocycles. The van der Waals surface area contributed by atoms with Crippen LogP contribution in [0.2, 0.25) is 0 Å². The number of halogens is 2. The number of rotatable bonds is 6. The Labute approximate surface area is 121 Å². The first-order valence-corrected chi connectivity index (χ1v) is 7.07. The van der Waals surface area contributed by atoms with Gasteiger partial charge in [-0.15, -0.1) is 0 Å². The van der Waals surface area contributed by atoms with Crippen molar-refractivity contribution < 1.29 is 18.4 Å². The van der Waals surface area contributed by atoms with Crippen molar-refractivity contribution in [2.75, 3.05) is 11.9 Å². The Bertz CT molecular complexity index is 528. The third-order valence-corrected chi connectivity index (χ3v) is 3.50. The Kier molecular flexibility index (Phi) is 4.88. The number of para-hydroxylation sites is 1. The van der Waals surface area contributed by atoms with Crippen molar-refractivity contribution in [3.63, 3.8) is 0 Å². The van der Waals surface area contributed by atoms with Crippen LogP contribution in [0.5, 0.6) is 0 Å². The predicted octanol–water partition coefficient (Wildman–Crippen LogP) is 2.46. The molecule has 2 amide bonds. The van der Waals surface area contributed by atoms with Gasteiger partial charge in [-0.25, -0.2) is 8.78 Å². The van der Waals surface area contributed by atoms with Gasteiger partial charge < -0.3 is 10.6 Å². The summed E-state index contributed by atoms with van der Waals surface area (Å²) in [5.41, 5.74) is -0.459. The van der Waals surface area contributed by atoms with Crippen LogP contribution in [0.4, 0.5) is 14.5 Å². The molecule has 2 unspecified atom stereocenters. The van der Waals surface area contributed by atoms with Gasteiger partial charge in [0.15, 0.2) is 0 Å². The van der Waals surface area contributed by atoms with Gasteiger partial charge in [0.25, 0.3) is 0 Å². The molecule has 1 aromatic rings. The van der Waals surface area contributed by atoms with Crippen LogP contribution in [0.15, 0.2) is 18.2 Å². The minimum absolute atomic E-state index is 0.169. The second-order valence-electron chi connectivity index (χ2n) is 5.18. The quantitative estimate of drug-likeness (QED) is 0.792. The molecular weight excluding hydrogens is 278 g/mol. The van der Waals surface area contributed by atoms with E-state index in [2.05, 4.69) is 10.6 Å². The van der Waals surface area contributed by atoms with E-state index in [9.17, 15) is 18.4 Å². The van der Waals surface area contributed by atoms with Crippen LogP contribution in [-0.4, -0.2) is 18.4 Å². The molecule has 0 heterocycles. The Balaban J connectivity index is 1.87. The molecule has 21 heavy (non-hydrogen) atoms. The van der Waals surface area contributed by atoms with Gasteiger partial charge in [0, 0.05) is 6.54 Å². The van der Waals surface area contributed by atoms with E-state index in [0.717, 1.165) is 25.0 Å². The Morgan fingerprint density at radius 2 is 1.81 bits per heavy atom. The van der Waals surface area contributed by atoms with Crippen LogP contribution in [0.3, 0.4) is 0 Å². The van der Waals surface area contributed by atoms with Crippen molar-refractivity contribution in [3.05, 3.63) is 29.8 Å². The highest BCUT2D eigenvalue weighted by Crippen LogP contribution is 2.39. The van der Waals surface area contributed by atoms with E-state index < -0.39 is 35.1 Å². The number of nitrogens with one attached hydrogen (secondary N) is 2. The van der Waals surface area contributed by atoms with Crippen LogP contribution < -0.4 is 10.6 Å². The molecule has 1 fully saturated rings. The van der Waals surface area contributed by atoms with Crippen molar-refractivity contribution in [2.24, 2.45) is 11.8 Å². The molecule has 1 aromatic carbocycles. The van der Waals surface area contributed by atoms with Crippen molar-refractivity contribution in [1.82, 2.24) is 5.32 Å². The number of benzene rings is 1. The Morgan fingerprint density at radius 3 is 2.43 bits per heavy atom. The predicted molar refractivity (Wildman–Crippen MR) is 74.5 cm³/mol. The molecule has 1 aliphatic rings. The van der Waals surface area contributed by atoms with Crippen molar-refractivity contribution >= 4 is 17.5 Å². The van der Waals surface area contributed by atoms with Gasteiger partial charge in [-0.2, -0.15) is 0 Å². The number of amides is 2. The van der Waals surface area contributed by atoms with Gasteiger partial charge in [-0.1, -0.05) is 19.4 Å². The number of hydrogen-bond acceptors (Lipinski definition) is 2. The highest BCUT2D eigenvalue weighted by Gasteiger charge is 2.48. The molecular formula is C15H18F2N2O2. The Hall–Kier alpha value is -1.98. The van der Waals surface area contributed by atoms with Gasteiger partial charge in [0.05, 0.1) is 11.8 Å². The Morgan fingerprint density at radius 1 is 1.19 bits per heavy atom. The fraction of sp³-hybridized carbons (Fsp3) is 0.467. The molecule has 4 nitrogen and oxygen atoms in total. The zero-order valence-electron chi connectivity index (χ0n) is 11.8. The van der Waals surface area contributed by atoms with E-state index in [1.807, 2.05) is 6.92 Å². The number of carbonyl (C=O) groups is 2. The zero-order valence-corrected chi connectivity index (χ0v) is 11.8. The lowest BCUT2D eigenvalue weighted by atomic mass is 10.2. The molecule has 0 bridgehead atoms. The van der Waals surface area contributed by atoms with Gasteiger partial charge in [-0.3, -0.25) is 9.59 Å². The fourth-order valence-corrected chi connectivity index (χ4v) is 2.13. The van der Waals surface area contributed by atoms with Crippen LogP contribution in [0.1, 0.15) is 26.2 Å². The summed E-state index contributed by atoms with van der Waals surface area (Å²) in [6, 6.07) is 3.36. The van der Waals surface area contributed by atoms with Crippen LogP contribution in [0, 0.1) is 23.5 Å². The highest BCUT2D eigenvalue weighted by atomic mass is 19.1. The van der Waals surface area contributed by atoms with Crippen molar-refractivity contribution in [2.45, 2.75) is 26.2 Å². The smallest absolute Gasteiger partial charge is 0.228 e. The van der Waals surface area contributed by atoms with E-state index in [0.29, 0.717) is 13.0 Å². The van der Waals surface area contributed by atoms with Crippen molar-refractivity contribution in [3.8, 4) is 0 Å². The second-order valence-corrected chi connectivity index (χ2v) is 5.18. The lowest BCUT2D eigenvalue weighted by molar-refractivity contribution is -0.125. The van der Waals surface area contributed by atoms with Crippen LogP contribution in [-0.2, 0) is 9.59 Å². The summed E-state index contributed by atoms with van der Waals surface area (Å²) in [4.78, 5) is 23.6. The molecule has 0 aromatic heterocycles. The highest BCUT2D eigenvalue weighted by molar-refractivity contribution is 5.99. The molecule has 2 rings (SSSR count). The summed E-state index contributed by atoms with van der Waals surface area (Å²) >= 11 is 0. The molecule has 0 spiro atoms. The first-order chi connectivity index (χ1) is 10.0. The number of unbranched alkanes of at least 4 members (excludes halogenated alkanes) is 1. The minimum atomic E-state index is -0.826. The molecule has 0 saturated heterocycles. The first kappa shape index (κ1) is 15.4. The van der Waals surface area contributed by atoms with Gasteiger partial charge in [0.2, 0.25) is 11.8 Å². The monoisotopic (exact) mass is 296 g/mol. The van der Waals surface area contributed by atoms with E-state index >= 15 is 0 Å². The normalized spacial score (nSPS) is 20.0. The van der Waals surface area contributed by atoms with Gasteiger partial charge in [0.1, 0.15) is 17.3 Å². The first-order valence-electron chi connectivity index (χ1n) is 7.07. The lowest BCUT2D eigenvalue weighted by Gasteiger charge is -2.07. The fourth-order valence-electron chi connectivity index (χ4n) is 2.13. The molecule has 1 aliphatic carbocycles. The largest absolute Gasteiger partial charge is 0.356 e. The summed E-state index contributed by atoms with van der Waals surface area (Å²) < 4.78 is 26.8. The average Bonchev–Trinajstić information content (AvgIpc) is 3.23. The maximum Gasteiger partial charge on any atom is 0.228 e. The molecule has 6 heteroatoms. The lowest BCUT2D eigenvalue weighted by Crippen LogP contribution is -2.28. The van der Waals surface area contributed by atoms with E-state index in [4.69, 9.17) is 0 Å². The molecule has 114 valence electrons. The minimum Gasteiger partial charge on any atom is -0.356 e. The maximum absolute atomic E-state index is 13.4. The molecule has 0 radical (unpaired) electrons. The molecule has 1 saturated carbocycles. The maximum atomic E-state index is 13.4.